The van der Waals surface area contributed by atoms with Crippen molar-refractivity contribution in [2.75, 3.05) is 19.7 Å². The fourth-order valence-electron chi connectivity index (χ4n) is 2.55. The molecule has 0 radical (unpaired) electrons. The average molecular weight is 375 g/mol. The molecule has 2 N–H and O–H groups in total. The van der Waals surface area contributed by atoms with E-state index in [2.05, 4.69) is 0 Å². The molecule has 0 saturated carbocycles. The Kier molecular flexibility index (Phi) is 5.84. The predicted octanol–water partition coefficient (Wildman–Crippen LogP) is 1.40. The topological polar surface area (TPSA) is 107 Å². The van der Waals surface area contributed by atoms with Crippen LogP contribution in [-0.2, 0) is 19.6 Å². The van der Waals surface area contributed by atoms with Crippen LogP contribution in [0.25, 0.3) is 0 Å². The smallest absolute Gasteiger partial charge is 0.338 e. The number of carbonyl (C=O) groups is 2. The molecular formula is C15H19ClN2O5S. The number of benzene rings is 1. The number of ether oxygens (including phenoxy) is 1. The summed E-state index contributed by atoms with van der Waals surface area (Å²) in [7, 11) is -3.81. The fourth-order valence-corrected chi connectivity index (χ4v) is 4.65. The van der Waals surface area contributed by atoms with E-state index in [1.807, 2.05) is 6.92 Å². The number of esters is 1. The summed E-state index contributed by atoms with van der Waals surface area (Å²) in [6.07, 6.45) is 1.75. The largest absolute Gasteiger partial charge is 0.452 e. The minimum atomic E-state index is -3.81. The Morgan fingerprint density at radius 3 is 2.75 bits per heavy atom. The molecular weight excluding hydrogens is 356 g/mol. The van der Waals surface area contributed by atoms with E-state index in [0.717, 1.165) is 12.8 Å². The zero-order valence-electron chi connectivity index (χ0n) is 13.2. The van der Waals surface area contributed by atoms with Crippen LogP contribution in [0, 0.1) is 5.92 Å². The first-order valence-electron chi connectivity index (χ1n) is 7.47. The van der Waals surface area contributed by atoms with Crippen LogP contribution in [0.15, 0.2) is 23.1 Å². The number of piperidine rings is 1. The number of nitrogens with two attached hydrogens (primary N) is 1. The minimum absolute atomic E-state index is 0.00992. The Balaban J connectivity index is 2.30. The summed E-state index contributed by atoms with van der Waals surface area (Å²) >= 11 is 6.04. The Labute approximate surface area is 145 Å². The SMILES string of the molecule is CC1CCCN(S(=O)(=O)c2cc(C(=O)OCC(N)=O)ccc2Cl)C1. The number of amides is 1. The van der Waals surface area contributed by atoms with Gasteiger partial charge in [-0.1, -0.05) is 18.5 Å². The molecule has 1 amide bonds. The number of sulfonamides is 1. The zero-order valence-corrected chi connectivity index (χ0v) is 14.8. The Bertz CT molecular complexity index is 750. The lowest BCUT2D eigenvalue weighted by molar-refractivity contribution is -0.121. The molecule has 0 aromatic heterocycles. The fraction of sp³-hybridized carbons (Fsp3) is 0.467. The lowest BCUT2D eigenvalue weighted by atomic mass is 10.0. The average Bonchev–Trinajstić information content (AvgIpc) is 2.52. The monoisotopic (exact) mass is 374 g/mol. The van der Waals surface area contributed by atoms with Gasteiger partial charge in [-0.3, -0.25) is 4.79 Å². The van der Waals surface area contributed by atoms with E-state index < -0.39 is 28.5 Å². The van der Waals surface area contributed by atoms with Gasteiger partial charge in [0.25, 0.3) is 5.91 Å². The number of halogens is 1. The van der Waals surface area contributed by atoms with Gasteiger partial charge in [0, 0.05) is 13.1 Å². The molecule has 1 aromatic carbocycles. The van der Waals surface area contributed by atoms with Crippen LogP contribution in [0.3, 0.4) is 0 Å². The zero-order chi connectivity index (χ0) is 17.9. The van der Waals surface area contributed by atoms with Gasteiger partial charge in [0.1, 0.15) is 4.90 Å². The van der Waals surface area contributed by atoms with Gasteiger partial charge in [-0.15, -0.1) is 0 Å². The standard InChI is InChI=1S/C15H19ClN2O5S/c1-10-3-2-6-18(8-10)24(21,22)13-7-11(4-5-12(13)16)15(20)23-9-14(17)19/h4-5,7,10H,2-3,6,8-9H2,1H3,(H2,17,19). The summed E-state index contributed by atoms with van der Waals surface area (Å²) < 4.78 is 31.7. The predicted molar refractivity (Wildman–Crippen MR) is 88.1 cm³/mol. The first-order valence-corrected chi connectivity index (χ1v) is 9.28. The summed E-state index contributed by atoms with van der Waals surface area (Å²) in [6.45, 7) is 2.24. The first-order chi connectivity index (χ1) is 11.2. The van der Waals surface area contributed by atoms with E-state index >= 15 is 0 Å². The van der Waals surface area contributed by atoms with Crippen LogP contribution in [0.1, 0.15) is 30.1 Å². The highest BCUT2D eigenvalue weighted by Gasteiger charge is 2.31. The van der Waals surface area contributed by atoms with Crippen molar-refractivity contribution < 1.29 is 22.7 Å². The van der Waals surface area contributed by atoms with Gasteiger partial charge >= 0.3 is 5.97 Å². The Morgan fingerprint density at radius 1 is 1.42 bits per heavy atom. The van der Waals surface area contributed by atoms with Crippen molar-refractivity contribution in [1.82, 2.24) is 4.31 Å². The molecule has 1 saturated heterocycles. The van der Waals surface area contributed by atoms with E-state index in [0.29, 0.717) is 13.1 Å². The third kappa shape index (κ3) is 4.25. The molecule has 9 heteroatoms. The van der Waals surface area contributed by atoms with Crippen molar-refractivity contribution in [2.24, 2.45) is 11.7 Å². The van der Waals surface area contributed by atoms with Crippen LogP contribution in [0.5, 0.6) is 0 Å². The number of hydrogen-bond acceptors (Lipinski definition) is 5. The molecule has 7 nitrogen and oxygen atoms in total. The van der Waals surface area contributed by atoms with Crippen LogP contribution in [0.2, 0.25) is 5.02 Å². The lowest BCUT2D eigenvalue weighted by Gasteiger charge is -2.30. The van der Waals surface area contributed by atoms with Crippen LogP contribution in [-0.4, -0.2) is 44.3 Å². The molecule has 0 aliphatic carbocycles. The summed E-state index contributed by atoms with van der Waals surface area (Å²) in [5.74, 6) is -1.38. The maximum absolute atomic E-state index is 12.8. The summed E-state index contributed by atoms with van der Waals surface area (Å²) in [6, 6.07) is 3.83. The molecule has 1 heterocycles. The summed E-state index contributed by atoms with van der Waals surface area (Å²) in [5.41, 5.74) is 4.90. The third-order valence-electron chi connectivity index (χ3n) is 3.75. The highest BCUT2D eigenvalue weighted by molar-refractivity contribution is 7.89. The van der Waals surface area contributed by atoms with Gasteiger partial charge in [-0.25, -0.2) is 13.2 Å². The lowest BCUT2D eigenvalue weighted by Crippen LogP contribution is -2.39. The van der Waals surface area contributed by atoms with Crippen LogP contribution < -0.4 is 5.73 Å². The normalized spacial score (nSPS) is 19.0. The molecule has 24 heavy (non-hydrogen) atoms. The molecule has 1 fully saturated rings. The number of nitrogens with zero attached hydrogens (tertiary/aromatic N) is 1. The molecule has 2 rings (SSSR count). The van der Waals surface area contributed by atoms with Crippen molar-refractivity contribution in [2.45, 2.75) is 24.7 Å². The van der Waals surface area contributed by atoms with Crippen molar-refractivity contribution >= 4 is 33.5 Å². The summed E-state index contributed by atoms with van der Waals surface area (Å²) in [5, 5.41) is 0.0275. The highest BCUT2D eigenvalue weighted by atomic mass is 35.5. The van der Waals surface area contributed by atoms with E-state index in [-0.39, 0.29) is 21.4 Å². The van der Waals surface area contributed by atoms with Gasteiger partial charge < -0.3 is 10.5 Å². The van der Waals surface area contributed by atoms with E-state index in [1.54, 1.807) is 0 Å². The van der Waals surface area contributed by atoms with E-state index in [9.17, 15) is 18.0 Å². The van der Waals surface area contributed by atoms with Gasteiger partial charge in [-0.05, 0) is 37.0 Å². The molecule has 1 aliphatic rings. The Hall–Kier alpha value is -1.64. The quantitative estimate of drug-likeness (QED) is 0.784. The second-order valence-electron chi connectivity index (χ2n) is 5.80. The van der Waals surface area contributed by atoms with Crippen molar-refractivity contribution in [3.05, 3.63) is 28.8 Å². The summed E-state index contributed by atoms with van der Waals surface area (Å²) in [4.78, 5) is 22.4. The molecule has 0 spiro atoms. The molecule has 1 aliphatic heterocycles. The number of primary amides is 1. The first kappa shape index (κ1) is 18.7. The second kappa shape index (κ2) is 7.50. The van der Waals surface area contributed by atoms with Gasteiger partial charge in [0.05, 0.1) is 10.6 Å². The minimum Gasteiger partial charge on any atom is -0.452 e. The van der Waals surface area contributed by atoms with Gasteiger partial charge in [0.15, 0.2) is 6.61 Å². The van der Waals surface area contributed by atoms with Crippen LogP contribution in [0.4, 0.5) is 0 Å². The third-order valence-corrected chi connectivity index (χ3v) is 6.10. The van der Waals surface area contributed by atoms with E-state index in [4.69, 9.17) is 22.1 Å². The van der Waals surface area contributed by atoms with Gasteiger partial charge in [0.2, 0.25) is 10.0 Å². The number of carbonyl (C=O) groups excluding carboxylic acids is 2. The molecule has 132 valence electrons. The molecule has 1 atom stereocenters. The van der Waals surface area contributed by atoms with E-state index in [1.165, 1.54) is 22.5 Å². The van der Waals surface area contributed by atoms with Crippen molar-refractivity contribution in [3.8, 4) is 0 Å². The molecule has 1 unspecified atom stereocenters. The maximum atomic E-state index is 12.8. The van der Waals surface area contributed by atoms with Crippen molar-refractivity contribution in [3.63, 3.8) is 0 Å². The number of rotatable bonds is 5. The maximum Gasteiger partial charge on any atom is 0.338 e. The molecule has 1 aromatic rings. The second-order valence-corrected chi connectivity index (χ2v) is 8.11. The van der Waals surface area contributed by atoms with Crippen LogP contribution >= 0.6 is 11.6 Å². The number of hydrogen-bond donors (Lipinski definition) is 1. The molecule has 0 bridgehead atoms. The van der Waals surface area contributed by atoms with Gasteiger partial charge in [-0.2, -0.15) is 4.31 Å². The Morgan fingerprint density at radius 2 is 2.12 bits per heavy atom. The van der Waals surface area contributed by atoms with Crippen molar-refractivity contribution in [1.29, 1.82) is 0 Å². The highest BCUT2D eigenvalue weighted by Crippen LogP contribution is 2.29.